The van der Waals surface area contributed by atoms with Crippen LogP contribution in [-0.2, 0) is 36.5 Å². The number of esters is 1. The number of β-lactam (4-membered cyclic amide) rings is 1. The molecule has 12 heteroatoms. The van der Waals surface area contributed by atoms with E-state index in [1.54, 1.807) is 38.1 Å². The van der Waals surface area contributed by atoms with Gasteiger partial charge in [-0.2, -0.15) is 5.06 Å². The summed E-state index contributed by atoms with van der Waals surface area (Å²) in [5.74, 6) is -1.54. The number of amides is 2. The van der Waals surface area contributed by atoms with Gasteiger partial charge in [-0.05, 0) is 50.6 Å². The Morgan fingerprint density at radius 3 is 2.31 bits per heavy atom. The van der Waals surface area contributed by atoms with Gasteiger partial charge in [0.2, 0.25) is 0 Å². The van der Waals surface area contributed by atoms with E-state index in [9.17, 15) is 28.7 Å². The third-order valence-corrected chi connectivity index (χ3v) is 8.45. The van der Waals surface area contributed by atoms with Crippen molar-refractivity contribution in [3.63, 3.8) is 0 Å². The molecule has 0 saturated carbocycles. The van der Waals surface area contributed by atoms with Gasteiger partial charge in [0.15, 0.2) is 11.8 Å². The molecule has 0 N–H and O–H groups in total. The van der Waals surface area contributed by atoms with E-state index in [4.69, 9.17) is 9.57 Å². The fraction of sp³-hybridized carbons (Fsp3) is 0.375. The van der Waals surface area contributed by atoms with Crippen LogP contribution in [0.3, 0.4) is 0 Å². The number of fused-ring (bicyclic) bond motifs is 1. The van der Waals surface area contributed by atoms with E-state index in [2.05, 4.69) is 0 Å². The van der Waals surface area contributed by atoms with E-state index < -0.39 is 55.7 Å². The second-order valence-electron chi connectivity index (χ2n) is 9.16. The molecule has 2 aromatic carbocycles. The normalized spacial score (nSPS) is 23.9. The Bertz CT molecular complexity index is 1250. The Morgan fingerprint density at radius 1 is 1.14 bits per heavy atom. The van der Waals surface area contributed by atoms with Gasteiger partial charge in [-0.25, -0.2) is 4.79 Å². The number of ether oxygens (including phenoxy) is 1. The first-order valence-corrected chi connectivity index (χ1v) is 12.3. The summed E-state index contributed by atoms with van der Waals surface area (Å²) in [5, 5.41) is 10.8. The molecule has 2 fully saturated rings. The zero-order valence-corrected chi connectivity index (χ0v) is 20.9. The van der Waals surface area contributed by atoms with Crippen LogP contribution < -0.4 is 4.84 Å². The van der Waals surface area contributed by atoms with Crippen molar-refractivity contribution >= 4 is 34.3 Å². The minimum atomic E-state index is -1.72. The zero-order chi connectivity index (χ0) is 26.4. The molecular weight excluding hydrogens is 490 g/mol. The van der Waals surface area contributed by atoms with Crippen LogP contribution in [0.2, 0.25) is 0 Å². The van der Waals surface area contributed by atoms with Crippen molar-refractivity contribution in [3.8, 4) is 5.75 Å². The lowest BCUT2D eigenvalue weighted by molar-refractivity contribution is -0.384. The molecule has 36 heavy (non-hydrogen) atoms. The first kappa shape index (κ1) is 25.3. The summed E-state index contributed by atoms with van der Waals surface area (Å²) in [7, 11) is -1.72. The first-order valence-electron chi connectivity index (χ1n) is 11.1. The number of non-ortho nitro benzene ring substituents is 1. The molecule has 2 saturated heterocycles. The van der Waals surface area contributed by atoms with E-state index in [-0.39, 0.29) is 12.3 Å². The topological polar surface area (TPSA) is 136 Å². The van der Waals surface area contributed by atoms with E-state index in [1.165, 1.54) is 36.1 Å². The third-order valence-electron chi connectivity index (χ3n) is 6.27. The second-order valence-corrected chi connectivity index (χ2v) is 11.3. The summed E-state index contributed by atoms with van der Waals surface area (Å²) in [5.41, 5.74) is 1.40. The summed E-state index contributed by atoms with van der Waals surface area (Å²) in [6.45, 7) is 6.15. The van der Waals surface area contributed by atoms with E-state index >= 15 is 0 Å². The van der Waals surface area contributed by atoms with Gasteiger partial charge in [0.05, 0.1) is 20.5 Å². The lowest BCUT2D eigenvalue weighted by Crippen LogP contribution is -2.72. The Labute approximate surface area is 209 Å². The van der Waals surface area contributed by atoms with Crippen LogP contribution in [0.4, 0.5) is 5.69 Å². The van der Waals surface area contributed by atoms with Crippen molar-refractivity contribution in [1.29, 1.82) is 0 Å². The molecule has 0 bridgehead atoms. The van der Waals surface area contributed by atoms with Gasteiger partial charge in [0.1, 0.15) is 18.0 Å². The molecule has 190 valence electrons. The van der Waals surface area contributed by atoms with E-state index in [1.807, 2.05) is 6.92 Å². The van der Waals surface area contributed by atoms with Crippen molar-refractivity contribution in [3.05, 3.63) is 69.8 Å². The Hall–Kier alpha value is -3.80. The van der Waals surface area contributed by atoms with Crippen LogP contribution in [0, 0.1) is 17.0 Å². The monoisotopic (exact) mass is 515 g/mol. The molecule has 4 rings (SSSR count). The number of hydroxylamine groups is 2. The second kappa shape index (κ2) is 9.34. The van der Waals surface area contributed by atoms with Crippen molar-refractivity contribution in [2.24, 2.45) is 0 Å². The number of rotatable bonds is 7. The predicted molar refractivity (Wildman–Crippen MR) is 128 cm³/mol. The molecule has 0 aromatic heterocycles. The molecule has 0 aliphatic carbocycles. The minimum absolute atomic E-state index is 0.0969. The van der Waals surface area contributed by atoms with Gasteiger partial charge in [-0.15, -0.1) is 0 Å². The van der Waals surface area contributed by atoms with Gasteiger partial charge in [0.25, 0.3) is 17.5 Å². The van der Waals surface area contributed by atoms with Crippen molar-refractivity contribution in [2.75, 3.05) is 0 Å². The molecule has 2 heterocycles. The van der Waals surface area contributed by atoms with Gasteiger partial charge in [0, 0.05) is 19.1 Å². The quantitative estimate of drug-likeness (QED) is 0.237. The maximum Gasteiger partial charge on any atom is 0.330 e. The molecule has 4 atom stereocenters. The van der Waals surface area contributed by atoms with Crippen LogP contribution in [-0.4, -0.2) is 59.1 Å². The maximum atomic E-state index is 13.4. The highest BCUT2D eigenvalue weighted by atomic mass is 32.2. The Kier molecular flexibility index (Phi) is 6.56. The number of nitrogens with zero attached hydrogens (tertiary/aromatic N) is 3. The van der Waals surface area contributed by atoms with Gasteiger partial charge in [-0.3, -0.25) is 23.9 Å². The largest absolute Gasteiger partial charge is 0.459 e. The molecule has 2 aliphatic heterocycles. The first-order chi connectivity index (χ1) is 16.9. The van der Waals surface area contributed by atoms with Gasteiger partial charge in [-0.1, -0.05) is 17.7 Å². The summed E-state index contributed by atoms with van der Waals surface area (Å²) in [6.07, 6.45) is 0. The maximum absolute atomic E-state index is 13.4. The number of carbonyl (C=O) groups excluding carboxylic acids is 3. The molecule has 2 aliphatic rings. The lowest BCUT2D eigenvalue weighted by atomic mass is 9.95. The molecule has 2 aromatic rings. The van der Waals surface area contributed by atoms with Crippen LogP contribution >= 0.6 is 0 Å². The van der Waals surface area contributed by atoms with Crippen molar-refractivity contribution in [1.82, 2.24) is 9.96 Å². The molecular formula is C24H25N3O8S. The SMILES string of the molecule is CC(=O)N(Oc1ccc(C)cc1)C1C(=O)N2C(C(=O)OCc3ccc([N+](=O)[O-])cc3)C(C)(C)S(=O)[C@H]12. The third kappa shape index (κ3) is 4.32. The number of nitro groups is 1. The Balaban J connectivity index is 1.51. The predicted octanol–water partition coefficient (Wildman–Crippen LogP) is 2.24. The van der Waals surface area contributed by atoms with Crippen LogP contribution in [0.1, 0.15) is 31.9 Å². The van der Waals surface area contributed by atoms with Crippen LogP contribution in [0.15, 0.2) is 48.5 Å². The van der Waals surface area contributed by atoms with Gasteiger partial charge < -0.3 is 14.5 Å². The van der Waals surface area contributed by atoms with Crippen LogP contribution in [0.25, 0.3) is 0 Å². The average Bonchev–Trinajstić information content (AvgIpc) is 3.01. The number of benzene rings is 2. The van der Waals surface area contributed by atoms with Crippen molar-refractivity contribution in [2.45, 2.75) is 56.5 Å². The smallest absolute Gasteiger partial charge is 0.330 e. The molecule has 11 nitrogen and oxygen atoms in total. The number of hydrogen-bond donors (Lipinski definition) is 0. The number of hydrogen-bond acceptors (Lipinski definition) is 8. The fourth-order valence-corrected chi connectivity index (χ4v) is 6.26. The average molecular weight is 516 g/mol. The summed E-state index contributed by atoms with van der Waals surface area (Å²) in [4.78, 5) is 55.8. The standard InChI is InChI=1S/C24H25N3O8S/c1-14-5-11-18(12-6-14)35-26(15(2)28)19-21(29)25-20(24(3,4)36(33)22(19)25)23(30)34-13-16-7-9-17(10-8-16)27(31)32/h5-12,19-20,22H,13H2,1-4H3/t19?,20?,22-,36?/m1/s1. The minimum Gasteiger partial charge on any atom is -0.459 e. The molecule has 0 radical (unpaired) electrons. The highest BCUT2D eigenvalue weighted by molar-refractivity contribution is 7.87. The highest BCUT2D eigenvalue weighted by Crippen LogP contribution is 2.45. The van der Waals surface area contributed by atoms with E-state index in [0.29, 0.717) is 11.3 Å². The number of nitro benzene ring substituents is 1. The number of aryl methyl sites for hydroxylation is 1. The molecule has 2 amide bonds. The fourth-order valence-electron chi connectivity index (χ4n) is 4.31. The summed E-state index contributed by atoms with van der Waals surface area (Å²) >= 11 is 0. The Morgan fingerprint density at radius 2 is 1.75 bits per heavy atom. The summed E-state index contributed by atoms with van der Waals surface area (Å²) < 4.78 is 17.7. The van der Waals surface area contributed by atoms with Crippen molar-refractivity contribution < 1.29 is 33.1 Å². The van der Waals surface area contributed by atoms with Crippen LogP contribution in [0.5, 0.6) is 5.75 Å². The molecule has 3 unspecified atom stereocenters. The van der Waals surface area contributed by atoms with Gasteiger partial charge >= 0.3 is 5.97 Å². The number of carbonyl (C=O) groups is 3. The molecule has 0 spiro atoms. The summed E-state index contributed by atoms with van der Waals surface area (Å²) in [6, 6.07) is 10.1. The van der Waals surface area contributed by atoms with E-state index in [0.717, 1.165) is 10.6 Å². The zero-order valence-electron chi connectivity index (χ0n) is 20.1. The highest BCUT2D eigenvalue weighted by Gasteiger charge is 2.70. The lowest BCUT2D eigenvalue weighted by Gasteiger charge is -2.46.